The highest BCUT2D eigenvalue weighted by atomic mass is 35.5. The molecule has 1 aromatic carbocycles. The minimum absolute atomic E-state index is 0.211. The molecule has 1 saturated heterocycles. The standard InChI is InChI=1S/C21H25ClN2O3S2/c1-3-11-23(15-18-9-10-20(22)28-18)21(25)17-8-7-16(2)19(14-17)29(26,27)24-12-5-4-6-13-24/h3,7-10,14H,1,4-6,11-13,15H2,2H3. The highest BCUT2D eigenvalue weighted by Gasteiger charge is 2.28. The number of piperidine rings is 1. The molecule has 1 fully saturated rings. The van der Waals surface area contributed by atoms with E-state index in [0.717, 1.165) is 24.1 Å². The zero-order valence-electron chi connectivity index (χ0n) is 16.4. The zero-order chi connectivity index (χ0) is 21.0. The summed E-state index contributed by atoms with van der Waals surface area (Å²) in [4.78, 5) is 16.0. The Morgan fingerprint density at radius 3 is 2.59 bits per heavy atom. The Balaban J connectivity index is 1.90. The molecule has 29 heavy (non-hydrogen) atoms. The molecular formula is C21H25ClN2O3S2. The van der Waals surface area contributed by atoms with E-state index in [-0.39, 0.29) is 10.8 Å². The number of rotatable bonds is 7. The fraction of sp³-hybridized carbons (Fsp3) is 0.381. The molecule has 1 aromatic heterocycles. The molecule has 2 aromatic rings. The molecule has 0 N–H and O–H groups in total. The molecule has 2 heterocycles. The Morgan fingerprint density at radius 2 is 1.97 bits per heavy atom. The fourth-order valence-electron chi connectivity index (χ4n) is 3.44. The van der Waals surface area contributed by atoms with Gasteiger partial charge in [0, 0.05) is 30.1 Å². The van der Waals surface area contributed by atoms with E-state index in [9.17, 15) is 13.2 Å². The Morgan fingerprint density at radius 1 is 1.24 bits per heavy atom. The lowest BCUT2D eigenvalue weighted by molar-refractivity contribution is 0.0764. The summed E-state index contributed by atoms with van der Waals surface area (Å²) >= 11 is 7.42. The van der Waals surface area contributed by atoms with Crippen LogP contribution in [-0.2, 0) is 16.6 Å². The van der Waals surface area contributed by atoms with Crippen LogP contribution in [0.2, 0.25) is 4.34 Å². The highest BCUT2D eigenvalue weighted by Crippen LogP contribution is 2.26. The van der Waals surface area contributed by atoms with Crippen LogP contribution in [0.1, 0.15) is 40.1 Å². The summed E-state index contributed by atoms with van der Waals surface area (Å²) in [5, 5.41) is 0. The maximum absolute atomic E-state index is 13.2. The molecular weight excluding hydrogens is 428 g/mol. The number of nitrogens with zero attached hydrogens (tertiary/aromatic N) is 2. The third-order valence-corrected chi connectivity index (χ3v) is 8.24. The van der Waals surface area contributed by atoms with Crippen molar-refractivity contribution in [3.63, 3.8) is 0 Å². The number of carbonyl (C=O) groups is 1. The summed E-state index contributed by atoms with van der Waals surface area (Å²) in [7, 11) is -3.62. The zero-order valence-corrected chi connectivity index (χ0v) is 18.8. The van der Waals surface area contributed by atoms with E-state index in [1.54, 1.807) is 36.1 Å². The lowest BCUT2D eigenvalue weighted by Crippen LogP contribution is -2.36. The smallest absolute Gasteiger partial charge is 0.254 e. The summed E-state index contributed by atoms with van der Waals surface area (Å²) < 4.78 is 28.5. The lowest BCUT2D eigenvalue weighted by Gasteiger charge is -2.27. The van der Waals surface area contributed by atoms with Crippen LogP contribution >= 0.6 is 22.9 Å². The number of halogens is 1. The maximum atomic E-state index is 13.2. The van der Waals surface area contributed by atoms with Gasteiger partial charge in [0.1, 0.15) is 0 Å². The van der Waals surface area contributed by atoms with E-state index in [1.807, 2.05) is 6.07 Å². The lowest BCUT2D eigenvalue weighted by atomic mass is 10.1. The number of hydrogen-bond donors (Lipinski definition) is 0. The molecule has 0 bridgehead atoms. The maximum Gasteiger partial charge on any atom is 0.254 e. The molecule has 156 valence electrons. The summed E-state index contributed by atoms with van der Waals surface area (Å²) in [6.07, 6.45) is 4.44. The molecule has 0 aliphatic carbocycles. The van der Waals surface area contributed by atoms with Gasteiger partial charge in [0.15, 0.2) is 0 Å². The van der Waals surface area contributed by atoms with Crippen molar-refractivity contribution < 1.29 is 13.2 Å². The fourth-order valence-corrected chi connectivity index (χ4v) is 6.31. The molecule has 3 rings (SSSR count). The first kappa shape index (κ1) is 22.0. The van der Waals surface area contributed by atoms with E-state index in [2.05, 4.69) is 6.58 Å². The topological polar surface area (TPSA) is 57.7 Å². The minimum Gasteiger partial charge on any atom is -0.330 e. The monoisotopic (exact) mass is 452 g/mol. The molecule has 5 nitrogen and oxygen atoms in total. The first-order chi connectivity index (χ1) is 13.8. The van der Waals surface area contributed by atoms with E-state index in [4.69, 9.17) is 11.6 Å². The quantitative estimate of drug-likeness (QED) is 0.571. The van der Waals surface area contributed by atoms with Crippen molar-refractivity contribution in [3.05, 3.63) is 63.3 Å². The number of sulfonamides is 1. The Bertz CT molecular complexity index is 995. The SMILES string of the molecule is C=CCN(Cc1ccc(Cl)s1)C(=O)c1ccc(C)c(S(=O)(=O)N2CCCCC2)c1. The Hall–Kier alpha value is -1.67. The summed E-state index contributed by atoms with van der Waals surface area (Å²) in [6, 6.07) is 8.59. The number of benzene rings is 1. The van der Waals surface area contributed by atoms with Crippen molar-refractivity contribution in [1.29, 1.82) is 0 Å². The second kappa shape index (κ2) is 9.43. The largest absolute Gasteiger partial charge is 0.330 e. The highest BCUT2D eigenvalue weighted by molar-refractivity contribution is 7.89. The molecule has 0 spiro atoms. The molecule has 0 atom stereocenters. The van der Waals surface area contributed by atoms with Crippen molar-refractivity contribution >= 4 is 38.9 Å². The van der Waals surface area contributed by atoms with Crippen molar-refractivity contribution in [2.24, 2.45) is 0 Å². The Labute approximate surface area is 181 Å². The number of aryl methyl sites for hydroxylation is 1. The predicted octanol–water partition coefficient (Wildman–Crippen LogP) is 4.71. The van der Waals surface area contributed by atoms with Crippen molar-refractivity contribution in [2.75, 3.05) is 19.6 Å². The van der Waals surface area contributed by atoms with Gasteiger partial charge in [-0.15, -0.1) is 17.9 Å². The van der Waals surface area contributed by atoms with Gasteiger partial charge in [0.2, 0.25) is 10.0 Å². The predicted molar refractivity (Wildman–Crippen MR) is 118 cm³/mol. The number of amides is 1. The number of thiophene rings is 1. The van der Waals surface area contributed by atoms with Crippen LogP contribution in [-0.4, -0.2) is 43.2 Å². The third-order valence-electron chi connectivity index (χ3n) is 4.98. The van der Waals surface area contributed by atoms with Crippen molar-refractivity contribution in [2.45, 2.75) is 37.6 Å². The van der Waals surface area contributed by atoms with E-state index in [0.29, 0.717) is 41.6 Å². The van der Waals surface area contributed by atoms with Gasteiger partial charge in [-0.1, -0.05) is 30.2 Å². The first-order valence-electron chi connectivity index (χ1n) is 9.58. The average Bonchev–Trinajstić information content (AvgIpc) is 3.13. The Kier molecular flexibility index (Phi) is 7.16. The molecule has 1 aliphatic heterocycles. The second-order valence-corrected chi connectivity index (χ2v) is 10.8. The van der Waals surface area contributed by atoms with Crippen LogP contribution in [0.4, 0.5) is 0 Å². The molecule has 1 aliphatic rings. The molecule has 0 unspecified atom stereocenters. The molecule has 0 saturated carbocycles. The van der Waals surface area contributed by atoms with Crippen LogP contribution < -0.4 is 0 Å². The van der Waals surface area contributed by atoms with Gasteiger partial charge in [-0.2, -0.15) is 4.31 Å². The summed E-state index contributed by atoms with van der Waals surface area (Å²) in [5.74, 6) is -0.232. The van der Waals surface area contributed by atoms with Gasteiger partial charge < -0.3 is 4.90 Å². The first-order valence-corrected chi connectivity index (χ1v) is 12.2. The van der Waals surface area contributed by atoms with E-state index < -0.39 is 10.0 Å². The minimum atomic E-state index is -3.62. The normalized spacial score (nSPS) is 15.2. The van der Waals surface area contributed by atoms with Gasteiger partial charge in [-0.25, -0.2) is 8.42 Å². The van der Waals surface area contributed by atoms with Crippen LogP contribution in [0.3, 0.4) is 0 Å². The van der Waals surface area contributed by atoms with Gasteiger partial charge in [-0.05, 0) is 49.6 Å². The van der Waals surface area contributed by atoms with Crippen LogP contribution in [0, 0.1) is 6.92 Å². The van der Waals surface area contributed by atoms with E-state index in [1.165, 1.54) is 21.7 Å². The number of hydrogen-bond acceptors (Lipinski definition) is 4. The number of carbonyl (C=O) groups excluding carboxylic acids is 1. The van der Waals surface area contributed by atoms with Gasteiger partial charge in [-0.3, -0.25) is 4.79 Å². The molecule has 8 heteroatoms. The second-order valence-electron chi connectivity index (χ2n) is 7.13. The summed E-state index contributed by atoms with van der Waals surface area (Å²) in [6.45, 7) is 7.31. The van der Waals surface area contributed by atoms with Gasteiger partial charge in [0.05, 0.1) is 15.8 Å². The average molecular weight is 453 g/mol. The summed E-state index contributed by atoms with van der Waals surface area (Å²) in [5.41, 5.74) is 1.00. The van der Waals surface area contributed by atoms with Crippen LogP contribution in [0.25, 0.3) is 0 Å². The third kappa shape index (κ3) is 5.09. The molecule has 1 amide bonds. The van der Waals surface area contributed by atoms with Crippen LogP contribution in [0.15, 0.2) is 47.9 Å². The van der Waals surface area contributed by atoms with E-state index >= 15 is 0 Å². The van der Waals surface area contributed by atoms with Crippen molar-refractivity contribution in [1.82, 2.24) is 9.21 Å². The van der Waals surface area contributed by atoms with Gasteiger partial charge >= 0.3 is 0 Å². The van der Waals surface area contributed by atoms with Gasteiger partial charge in [0.25, 0.3) is 5.91 Å². The van der Waals surface area contributed by atoms with Crippen molar-refractivity contribution in [3.8, 4) is 0 Å². The molecule has 0 radical (unpaired) electrons. The van der Waals surface area contributed by atoms with Crippen LogP contribution in [0.5, 0.6) is 0 Å².